The van der Waals surface area contributed by atoms with Crippen molar-refractivity contribution in [2.75, 3.05) is 20.8 Å². The standard InChI is InChI=1S/C29H33ClN4O4/c1-37-25-13-8-20(18-26(25)38-2)14-17-34(29(36)24-19-31-15-16-32-24)27(21-9-11-22(30)12-10-21)28(35)33-23-6-4-3-5-7-23/h8-13,15-16,18-19,23,27H,3-7,14,17H2,1-2H3,(H,33,35). The molecule has 1 heterocycles. The van der Waals surface area contributed by atoms with Gasteiger partial charge in [-0.3, -0.25) is 14.6 Å². The van der Waals surface area contributed by atoms with Gasteiger partial charge in [0.2, 0.25) is 5.91 Å². The zero-order chi connectivity index (χ0) is 26.9. The smallest absolute Gasteiger partial charge is 0.275 e. The maximum absolute atomic E-state index is 13.9. The Labute approximate surface area is 228 Å². The van der Waals surface area contributed by atoms with Gasteiger partial charge in [-0.2, -0.15) is 0 Å². The van der Waals surface area contributed by atoms with Gasteiger partial charge in [0.25, 0.3) is 5.91 Å². The maximum atomic E-state index is 13.9. The molecule has 1 aliphatic rings. The van der Waals surface area contributed by atoms with Crippen molar-refractivity contribution in [3.63, 3.8) is 0 Å². The Morgan fingerprint density at radius 2 is 1.76 bits per heavy atom. The molecule has 1 N–H and O–H groups in total. The van der Waals surface area contributed by atoms with Gasteiger partial charge < -0.3 is 19.7 Å². The van der Waals surface area contributed by atoms with Crippen molar-refractivity contribution in [2.24, 2.45) is 0 Å². The molecule has 0 saturated heterocycles. The second-order valence-corrected chi connectivity index (χ2v) is 9.76. The minimum absolute atomic E-state index is 0.0883. The van der Waals surface area contributed by atoms with E-state index in [-0.39, 0.29) is 30.1 Å². The second-order valence-electron chi connectivity index (χ2n) is 9.33. The quantitative estimate of drug-likeness (QED) is 0.391. The van der Waals surface area contributed by atoms with Crippen LogP contribution in [0.5, 0.6) is 11.5 Å². The van der Waals surface area contributed by atoms with Gasteiger partial charge in [0.15, 0.2) is 11.5 Å². The van der Waals surface area contributed by atoms with Gasteiger partial charge in [-0.25, -0.2) is 4.98 Å². The van der Waals surface area contributed by atoms with E-state index in [0.29, 0.717) is 28.5 Å². The fraction of sp³-hybridized carbons (Fsp3) is 0.379. The second kappa shape index (κ2) is 13.2. The molecule has 2 aromatic carbocycles. The summed E-state index contributed by atoms with van der Waals surface area (Å²) in [4.78, 5) is 37.6. The molecule has 9 heteroatoms. The molecule has 4 rings (SSSR count). The highest BCUT2D eigenvalue weighted by Gasteiger charge is 2.34. The number of ether oxygens (including phenoxy) is 2. The van der Waals surface area contributed by atoms with E-state index in [1.807, 2.05) is 18.2 Å². The van der Waals surface area contributed by atoms with Crippen LogP contribution in [0.15, 0.2) is 61.1 Å². The summed E-state index contributed by atoms with van der Waals surface area (Å²) >= 11 is 6.16. The number of rotatable bonds is 10. The fourth-order valence-electron chi connectivity index (χ4n) is 4.84. The molecule has 38 heavy (non-hydrogen) atoms. The summed E-state index contributed by atoms with van der Waals surface area (Å²) in [5, 5.41) is 3.77. The largest absolute Gasteiger partial charge is 0.493 e. The van der Waals surface area contributed by atoms with Gasteiger partial charge in [-0.1, -0.05) is 49.1 Å². The van der Waals surface area contributed by atoms with Gasteiger partial charge in [-0.05, 0) is 54.7 Å². The van der Waals surface area contributed by atoms with E-state index in [1.165, 1.54) is 25.0 Å². The molecular weight excluding hydrogens is 504 g/mol. The molecule has 0 bridgehead atoms. The molecule has 0 spiro atoms. The Kier molecular flexibility index (Phi) is 9.54. The van der Waals surface area contributed by atoms with E-state index in [9.17, 15) is 9.59 Å². The molecule has 1 atom stereocenters. The van der Waals surface area contributed by atoms with Gasteiger partial charge in [0, 0.05) is 30.0 Å². The predicted molar refractivity (Wildman–Crippen MR) is 146 cm³/mol. The normalized spacial score (nSPS) is 14.4. The average molecular weight is 537 g/mol. The van der Waals surface area contributed by atoms with Crippen molar-refractivity contribution in [3.8, 4) is 11.5 Å². The Morgan fingerprint density at radius 1 is 1.03 bits per heavy atom. The number of nitrogens with zero attached hydrogens (tertiary/aromatic N) is 3. The van der Waals surface area contributed by atoms with E-state index in [2.05, 4.69) is 15.3 Å². The van der Waals surface area contributed by atoms with E-state index in [1.54, 1.807) is 43.4 Å². The van der Waals surface area contributed by atoms with E-state index in [0.717, 1.165) is 31.2 Å². The fourth-order valence-corrected chi connectivity index (χ4v) is 4.96. The van der Waals surface area contributed by atoms with Gasteiger partial charge in [0.05, 0.1) is 20.4 Å². The molecule has 1 fully saturated rings. The number of nitrogens with one attached hydrogen (secondary N) is 1. The van der Waals surface area contributed by atoms with Crippen LogP contribution in [0.2, 0.25) is 5.02 Å². The minimum atomic E-state index is -0.871. The molecule has 1 unspecified atom stereocenters. The van der Waals surface area contributed by atoms with Crippen LogP contribution in [0.1, 0.15) is 59.8 Å². The highest BCUT2D eigenvalue weighted by molar-refractivity contribution is 6.30. The van der Waals surface area contributed by atoms with Crippen molar-refractivity contribution in [3.05, 3.63) is 82.9 Å². The van der Waals surface area contributed by atoms with Crippen LogP contribution in [0.25, 0.3) is 0 Å². The number of hydrogen-bond acceptors (Lipinski definition) is 6. The lowest BCUT2D eigenvalue weighted by atomic mass is 9.94. The number of methoxy groups -OCH3 is 2. The minimum Gasteiger partial charge on any atom is -0.493 e. The Bertz CT molecular complexity index is 1220. The van der Waals surface area contributed by atoms with Crippen LogP contribution in [0.3, 0.4) is 0 Å². The summed E-state index contributed by atoms with van der Waals surface area (Å²) in [5.74, 6) is 0.622. The van der Waals surface area contributed by atoms with Crippen molar-refractivity contribution in [1.82, 2.24) is 20.2 Å². The van der Waals surface area contributed by atoms with Crippen LogP contribution in [-0.2, 0) is 11.2 Å². The Balaban J connectivity index is 1.69. The van der Waals surface area contributed by atoms with Crippen LogP contribution >= 0.6 is 11.6 Å². The monoisotopic (exact) mass is 536 g/mol. The van der Waals surface area contributed by atoms with Crippen LogP contribution < -0.4 is 14.8 Å². The Morgan fingerprint density at radius 3 is 2.42 bits per heavy atom. The Hall–Kier alpha value is -3.65. The summed E-state index contributed by atoms with van der Waals surface area (Å²) < 4.78 is 10.8. The highest BCUT2D eigenvalue weighted by Crippen LogP contribution is 2.30. The molecular formula is C29H33ClN4O4. The number of amides is 2. The average Bonchev–Trinajstić information content (AvgIpc) is 2.96. The van der Waals surface area contributed by atoms with Gasteiger partial charge in [0.1, 0.15) is 11.7 Å². The van der Waals surface area contributed by atoms with Gasteiger partial charge >= 0.3 is 0 Å². The molecule has 200 valence electrons. The van der Waals surface area contributed by atoms with Crippen molar-refractivity contribution >= 4 is 23.4 Å². The number of aromatic nitrogens is 2. The van der Waals surface area contributed by atoms with E-state index < -0.39 is 6.04 Å². The van der Waals surface area contributed by atoms with Crippen LogP contribution in [0, 0.1) is 0 Å². The number of carbonyl (C=O) groups excluding carboxylic acids is 2. The first-order valence-corrected chi connectivity index (χ1v) is 13.2. The molecule has 1 aromatic heterocycles. The molecule has 8 nitrogen and oxygen atoms in total. The summed E-state index contributed by atoms with van der Waals surface area (Å²) in [5.41, 5.74) is 1.78. The van der Waals surface area contributed by atoms with Crippen LogP contribution in [-0.4, -0.2) is 53.5 Å². The SMILES string of the molecule is COc1ccc(CCN(C(=O)c2cnccn2)C(C(=O)NC2CCCCC2)c2ccc(Cl)cc2)cc1OC. The van der Waals surface area contributed by atoms with E-state index >= 15 is 0 Å². The summed E-state index contributed by atoms with van der Waals surface area (Å²) in [6.07, 6.45) is 10.1. The number of benzene rings is 2. The van der Waals surface area contributed by atoms with Crippen molar-refractivity contribution in [1.29, 1.82) is 0 Å². The lowest BCUT2D eigenvalue weighted by Gasteiger charge is -2.33. The molecule has 2 amide bonds. The van der Waals surface area contributed by atoms with Crippen molar-refractivity contribution in [2.45, 2.75) is 50.6 Å². The number of carbonyl (C=O) groups is 2. The predicted octanol–water partition coefficient (Wildman–Crippen LogP) is 5.02. The number of hydrogen-bond donors (Lipinski definition) is 1. The molecule has 1 saturated carbocycles. The van der Waals surface area contributed by atoms with Crippen LogP contribution in [0.4, 0.5) is 0 Å². The number of halogens is 1. The summed E-state index contributed by atoms with van der Waals surface area (Å²) in [7, 11) is 3.16. The van der Waals surface area contributed by atoms with Crippen molar-refractivity contribution < 1.29 is 19.1 Å². The van der Waals surface area contributed by atoms with E-state index in [4.69, 9.17) is 21.1 Å². The molecule has 1 aliphatic carbocycles. The third kappa shape index (κ3) is 6.81. The topological polar surface area (TPSA) is 93.7 Å². The first-order valence-electron chi connectivity index (χ1n) is 12.8. The highest BCUT2D eigenvalue weighted by atomic mass is 35.5. The first kappa shape index (κ1) is 27.4. The lowest BCUT2D eigenvalue weighted by molar-refractivity contribution is -0.126. The third-order valence-electron chi connectivity index (χ3n) is 6.83. The molecule has 0 aliphatic heterocycles. The lowest BCUT2D eigenvalue weighted by Crippen LogP contribution is -2.47. The zero-order valence-electron chi connectivity index (χ0n) is 21.7. The third-order valence-corrected chi connectivity index (χ3v) is 7.08. The first-order chi connectivity index (χ1) is 18.5. The zero-order valence-corrected chi connectivity index (χ0v) is 22.5. The molecule has 3 aromatic rings. The molecule has 0 radical (unpaired) electrons. The summed E-state index contributed by atoms with van der Waals surface area (Å²) in [6.45, 7) is 0.260. The van der Waals surface area contributed by atoms with Gasteiger partial charge in [-0.15, -0.1) is 0 Å². The maximum Gasteiger partial charge on any atom is 0.275 e. The summed E-state index contributed by atoms with van der Waals surface area (Å²) in [6, 6.07) is 11.9.